The second-order valence-corrected chi connectivity index (χ2v) is 9.32. The van der Waals surface area contributed by atoms with Crippen LogP contribution in [0.5, 0.6) is 11.5 Å². The summed E-state index contributed by atoms with van der Waals surface area (Å²) in [6.45, 7) is 13.2. The highest BCUT2D eigenvalue weighted by Crippen LogP contribution is 2.47. The van der Waals surface area contributed by atoms with Gasteiger partial charge in [0, 0.05) is 25.7 Å². The van der Waals surface area contributed by atoms with Crippen LogP contribution in [-0.4, -0.2) is 54.2 Å². The Kier molecular flexibility index (Phi) is 14.1. The maximum absolute atomic E-state index is 6.26. The van der Waals surface area contributed by atoms with E-state index in [-0.39, 0.29) is 19.5 Å². The molecule has 198 valence electrons. The Bertz CT molecular complexity index is 752. The van der Waals surface area contributed by atoms with Crippen LogP contribution in [0.4, 0.5) is 0 Å². The fourth-order valence-electron chi connectivity index (χ4n) is 4.47. The molecule has 0 N–H and O–H groups in total. The predicted molar refractivity (Wildman–Crippen MR) is 140 cm³/mol. The molecule has 1 aliphatic rings. The number of benzene rings is 1. The van der Waals surface area contributed by atoms with Crippen LogP contribution in [0.25, 0.3) is 0 Å². The van der Waals surface area contributed by atoms with E-state index in [1.807, 2.05) is 0 Å². The van der Waals surface area contributed by atoms with Crippen molar-refractivity contribution in [3.8, 4) is 11.5 Å². The third-order valence-corrected chi connectivity index (χ3v) is 6.41. The largest absolute Gasteiger partial charge is 0.467 e. The van der Waals surface area contributed by atoms with Crippen molar-refractivity contribution in [1.29, 1.82) is 0 Å². The molecule has 35 heavy (non-hydrogen) atoms. The van der Waals surface area contributed by atoms with Gasteiger partial charge in [0.05, 0.1) is 26.4 Å². The molecular formula is C29H46O6. The number of ether oxygens (including phenoxy) is 6. The van der Waals surface area contributed by atoms with Gasteiger partial charge >= 0.3 is 0 Å². The second-order valence-electron chi connectivity index (χ2n) is 9.32. The topological polar surface area (TPSA) is 55.4 Å². The summed E-state index contributed by atoms with van der Waals surface area (Å²) >= 11 is 0. The number of unbranched alkanes of at least 4 members (excludes halogenated alkanes) is 2. The second kappa shape index (κ2) is 16.7. The van der Waals surface area contributed by atoms with Crippen molar-refractivity contribution >= 4 is 0 Å². The molecule has 0 saturated heterocycles. The Labute approximate surface area is 212 Å². The van der Waals surface area contributed by atoms with E-state index in [0.717, 1.165) is 42.7 Å². The summed E-state index contributed by atoms with van der Waals surface area (Å²) in [4.78, 5) is 0. The highest BCUT2D eigenvalue weighted by Gasteiger charge is 2.31. The number of allylic oxidation sites excluding steroid dienone is 3. The smallest absolute Gasteiger partial charge is 0.189 e. The van der Waals surface area contributed by atoms with Crippen molar-refractivity contribution in [3.05, 3.63) is 47.1 Å². The van der Waals surface area contributed by atoms with Crippen LogP contribution < -0.4 is 9.47 Å². The first-order valence-corrected chi connectivity index (χ1v) is 12.9. The summed E-state index contributed by atoms with van der Waals surface area (Å²) in [5.74, 6) is 2.06. The first-order valence-electron chi connectivity index (χ1n) is 12.9. The van der Waals surface area contributed by atoms with E-state index in [1.165, 1.54) is 29.6 Å². The molecule has 0 spiro atoms. The van der Waals surface area contributed by atoms with Crippen LogP contribution in [0, 0.1) is 5.92 Å². The van der Waals surface area contributed by atoms with Gasteiger partial charge < -0.3 is 28.4 Å². The molecule has 0 bridgehead atoms. The van der Waals surface area contributed by atoms with Gasteiger partial charge in [-0.1, -0.05) is 43.6 Å². The summed E-state index contributed by atoms with van der Waals surface area (Å²) in [5.41, 5.74) is 4.80. The Hall–Kier alpha value is -1.86. The van der Waals surface area contributed by atoms with Crippen molar-refractivity contribution in [2.75, 3.05) is 54.2 Å². The van der Waals surface area contributed by atoms with Crippen molar-refractivity contribution in [1.82, 2.24) is 0 Å². The molecular weight excluding hydrogens is 444 g/mol. The van der Waals surface area contributed by atoms with Gasteiger partial charge in [-0.3, -0.25) is 0 Å². The minimum Gasteiger partial charge on any atom is -0.467 e. The third-order valence-electron chi connectivity index (χ3n) is 6.41. The number of rotatable bonds is 18. The van der Waals surface area contributed by atoms with Crippen molar-refractivity contribution < 1.29 is 28.4 Å². The number of aryl methyl sites for hydroxylation is 1. The predicted octanol–water partition coefficient (Wildman–Crippen LogP) is 6.43. The highest BCUT2D eigenvalue weighted by molar-refractivity contribution is 5.53. The van der Waals surface area contributed by atoms with Crippen LogP contribution in [0.3, 0.4) is 0 Å². The lowest BCUT2D eigenvalue weighted by atomic mass is 9.73. The molecule has 6 nitrogen and oxygen atoms in total. The van der Waals surface area contributed by atoms with E-state index < -0.39 is 0 Å². The SMILES string of the molecule is C=C(C)[C@@H]1CCC(C)=C[C@H]1c1c(OCOCCOC)cc(CCCCC)cc1OCOCCOC. The van der Waals surface area contributed by atoms with Gasteiger partial charge in [-0.2, -0.15) is 0 Å². The van der Waals surface area contributed by atoms with Gasteiger partial charge in [0.2, 0.25) is 0 Å². The zero-order chi connectivity index (χ0) is 25.5. The van der Waals surface area contributed by atoms with Gasteiger partial charge in [-0.15, -0.1) is 0 Å². The molecule has 1 aromatic carbocycles. The molecule has 2 atom stereocenters. The maximum atomic E-state index is 6.26. The van der Waals surface area contributed by atoms with Crippen molar-refractivity contribution in [3.63, 3.8) is 0 Å². The minimum atomic E-state index is 0.119. The molecule has 0 amide bonds. The summed E-state index contributed by atoms with van der Waals surface area (Å²) in [6, 6.07) is 4.33. The lowest BCUT2D eigenvalue weighted by Crippen LogP contribution is -2.20. The first-order chi connectivity index (χ1) is 17.0. The molecule has 0 saturated carbocycles. The quantitative estimate of drug-likeness (QED) is 0.134. The molecule has 0 unspecified atom stereocenters. The van der Waals surface area contributed by atoms with E-state index in [0.29, 0.717) is 32.3 Å². The van der Waals surface area contributed by atoms with E-state index in [2.05, 4.69) is 45.6 Å². The molecule has 0 heterocycles. The number of methoxy groups -OCH3 is 2. The van der Waals surface area contributed by atoms with Crippen LogP contribution in [-0.2, 0) is 25.4 Å². The zero-order valence-electron chi connectivity index (χ0n) is 22.5. The van der Waals surface area contributed by atoms with Gasteiger partial charge in [0.15, 0.2) is 13.6 Å². The Balaban J connectivity index is 2.43. The average molecular weight is 491 g/mol. The maximum Gasteiger partial charge on any atom is 0.189 e. The van der Waals surface area contributed by atoms with Crippen molar-refractivity contribution in [2.45, 2.75) is 65.2 Å². The molecule has 0 fully saturated rings. The number of hydrogen-bond donors (Lipinski definition) is 0. The summed E-state index contributed by atoms with van der Waals surface area (Å²) in [5, 5.41) is 0. The summed E-state index contributed by atoms with van der Waals surface area (Å²) < 4.78 is 34.0. The standard InChI is InChI=1S/C29H46O6/c1-7-8-9-10-24-18-27(34-20-32-15-13-30-5)29(28(19-24)35-21-33-16-14-31-6)26-17-23(4)11-12-25(26)22(2)3/h17-19,25-26H,2,7-16,20-21H2,1,3-6H3/t25-,26+/m0/s1. The normalized spacial score (nSPS) is 17.8. The third kappa shape index (κ3) is 9.96. The monoisotopic (exact) mass is 490 g/mol. The van der Waals surface area contributed by atoms with Crippen molar-refractivity contribution in [2.24, 2.45) is 5.92 Å². The van der Waals surface area contributed by atoms with Crippen LogP contribution in [0.15, 0.2) is 35.9 Å². The van der Waals surface area contributed by atoms with Gasteiger partial charge in [0.1, 0.15) is 11.5 Å². The van der Waals surface area contributed by atoms with E-state index in [4.69, 9.17) is 28.4 Å². The lowest BCUT2D eigenvalue weighted by molar-refractivity contribution is -0.0128. The van der Waals surface area contributed by atoms with Gasteiger partial charge in [-0.05, 0) is 63.1 Å². The first kappa shape index (κ1) is 29.4. The molecule has 0 aromatic heterocycles. The summed E-state index contributed by atoms with van der Waals surface area (Å²) in [6.07, 6.45) is 8.96. The fraction of sp³-hybridized carbons (Fsp3) is 0.655. The van der Waals surface area contributed by atoms with Gasteiger partial charge in [-0.25, -0.2) is 0 Å². The molecule has 2 rings (SSSR count). The highest BCUT2D eigenvalue weighted by atomic mass is 16.7. The molecule has 0 aliphatic heterocycles. The van der Waals surface area contributed by atoms with E-state index >= 15 is 0 Å². The zero-order valence-corrected chi connectivity index (χ0v) is 22.5. The van der Waals surface area contributed by atoms with E-state index in [1.54, 1.807) is 14.2 Å². The molecule has 1 aromatic rings. The molecule has 0 radical (unpaired) electrons. The summed E-state index contributed by atoms with van der Waals surface area (Å²) in [7, 11) is 3.33. The average Bonchev–Trinajstić information content (AvgIpc) is 2.83. The van der Waals surface area contributed by atoms with E-state index in [9.17, 15) is 0 Å². The van der Waals surface area contributed by atoms with Crippen LogP contribution in [0.2, 0.25) is 0 Å². The Morgan fingerprint density at radius 1 is 0.943 bits per heavy atom. The number of hydrogen-bond acceptors (Lipinski definition) is 6. The Morgan fingerprint density at radius 3 is 2.06 bits per heavy atom. The fourth-order valence-corrected chi connectivity index (χ4v) is 4.47. The van der Waals surface area contributed by atoms with Crippen LogP contribution in [0.1, 0.15) is 69.9 Å². The van der Waals surface area contributed by atoms with Gasteiger partial charge in [0.25, 0.3) is 0 Å². The lowest BCUT2D eigenvalue weighted by Gasteiger charge is -2.33. The molecule has 1 aliphatic carbocycles. The minimum absolute atomic E-state index is 0.119. The van der Waals surface area contributed by atoms with Crippen LogP contribution >= 0.6 is 0 Å². The molecule has 6 heteroatoms. The Morgan fingerprint density at radius 2 is 1.54 bits per heavy atom.